The lowest BCUT2D eigenvalue weighted by molar-refractivity contribution is 0.347. The van der Waals surface area contributed by atoms with Crippen LogP contribution in [0.15, 0.2) is 10.5 Å². The molecule has 1 rings (SSSR count). The van der Waals surface area contributed by atoms with E-state index in [-0.39, 0.29) is 0 Å². The van der Waals surface area contributed by atoms with E-state index in [0.29, 0.717) is 12.5 Å². The Morgan fingerprint density at radius 2 is 1.88 bits per heavy atom. The Morgan fingerprint density at radius 3 is 2.35 bits per heavy atom. The zero-order chi connectivity index (χ0) is 13.0. The normalized spacial score (nSPS) is 12.4. The fourth-order valence-corrected chi connectivity index (χ4v) is 2.37. The van der Waals surface area contributed by atoms with Crippen LogP contribution < -0.4 is 15.2 Å². The highest BCUT2D eigenvalue weighted by atomic mass is 79.9. The highest BCUT2D eigenvalue weighted by Crippen LogP contribution is 2.42. The van der Waals surface area contributed by atoms with Crippen LogP contribution in [0.4, 0.5) is 0 Å². The van der Waals surface area contributed by atoms with Crippen molar-refractivity contribution in [3.05, 3.63) is 21.7 Å². The van der Waals surface area contributed by atoms with Gasteiger partial charge in [-0.3, -0.25) is 0 Å². The highest BCUT2D eigenvalue weighted by molar-refractivity contribution is 9.10. The van der Waals surface area contributed by atoms with Gasteiger partial charge in [0.25, 0.3) is 0 Å². The molecule has 0 spiro atoms. The first-order valence-electron chi connectivity index (χ1n) is 5.67. The quantitative estimate of drug-likeness (QED) is 0.908. The second-order valence-electron chi connectivity index (χ2n) is 4.12. The molecule has 0 fully saturated rings. The van der Waals surface area contributed by atoms with Gasteiger partial charge in [0.2, 0.25) is 0 Å². The van der Waals surface area contributed by atoms with E-state index in [0.717, 1.165) is 33.5 Å². The van der Waals surface area contributed by atoms with Gasteiger partial charge >= 0.3 is 0 Å². The third-order valence-corrected chi connectivity index (χ3v) is 3.81. The van der Waals surface area contributed by atoms with Crippen molar-refractivity contribution in [2.24, 2.45) is 5.73 Å². The molecule has 3 nitrogen and oxygen atoms in total. The molecule has 0 aliphatic heterocycles. The molecule has 17 heavy (non-hydrogen) atoms. The zero-order valence-electron chi connectivity index (χ0n) is 10.8. The van der Waals surface area contributed by atoms with Crippen LogP contribution in [0.25, 0.3) is 0 Å². The standard InChI is InChI=1S/C13H20BrNO2/c1-8(5-6-15)10-7-11(14)9(2)12(16-3)13(10)17-4/h7-8H,5-6,15H2,1-4H3. The summed E-state index contributed by atoms with van der Waals surface area (Å²) in [6, 6.07) is 2.09. The van der Waals surface area contributed by atoms with Crippen LogP contribution in [-0.4, -0.2) is 20.8 Å². The van der Waals surface area contributed by atoms with Crippen molar-refractivity contribution in [3.8, 4) is 11.5 Å². The number of hydrogen-bond donors (Lipinski definition) is 1. The number of hydrogen-bond acceptors (Lipinski definition) is 3. The van der Waals surface area contributed by atoms with Gasteiger partial charge in [0, 0.05) is 15.6 Å². The van der Waals surface area contributed by atoms with Crippen molar-refractivity contribution in [2.75, 3.05) is 20.8 Å². The van der Waals surface area contributed by atoms with E-state index >= 15 is 0 Å². The molecule has 0 heterocycles. The number of rotatable bonds is 5. The van der Waals surface area contributed by atoms with Crippen LogP contribution in [0.2, 0.25) is 0 Å². The van der Waals surface area contributed by atoms with Gasteiger partial charge in [-0.25, -0.2) is 0 Å². The van der Waals surface area contributed by atoms with Crippen LogP contribution in [0, 0.1) is 6.92 Å². The van der Waals surface area contributed by atoms with Gasteiger partial charge in [-0.05, 0) is 31.9 Å². The predicted octanol–water partition coefficient (Wildman–Crippen LogP) is 3.23. The maximum atomic E-state index is 5.61. The van der Waals surface area contributed by atoms with Crippen molar-refractivity contribution in [2.45, 2.75) is 26.2 Å². The minimum atomic E-state index is 0.348. The summed E-state index contributed by atoms with van der Waals surface area (Å²) in [6.07, 6.45) is 0.926. The molecule has 0 saturated carbocycles. The lowest BCUT2D eigenvalue weighted by Crippen LogP contribution is -2.07. The van der Waals surface area contributed by atoms with Crippen molar-refractivity contribution >= 4 is 15.9 Å². The van der Waals surface area contributed by atoms with Crippen LogP contribution in [0.1, 0.15) is 30.4 Å². The molecule has 1 unspecified atom stereocenters. The Hall–Kier alpha value is -0.740. The van der Waals surface area contributed by atoms with Gasteiger partial charge in [0.1, 0.15) is 0 Å². The Labute approximate surface area is 111 Å². The lowest BCUT2D eigenvalue weighted by atomic mass is 9.95. The van der Waals surface area contributed by atoms with Gasteiger partial charge in [0.05, 0.1) is 14.2 Å². The molecular formula is C13H20BrNO2. The van der Waals surface area contributed by atoms with E-state index in [2.05, 4.69) is 28.9 Å². The molecule has 0 radical (unpaired) electrons. The van der Waals surface area contributed by atoms with E-state index in [1.807, 2.05) is 6.92 Å². The third kappa shape index (κ3) is 2.93. The Kier molecular flexibility index (Phi) is 5.28. The first kappa shape index (κ1) is 14.3. The molecule has 0 aliphatic rings. The largest absolute Gasteiger partial charge is 0.493 e. The van der Waals surface area contributed by atoms with E-state index in [9.17, 15) is 0 Å². The summed E-state index contributed by atoms with van der Waals surface area (Å²) in [6.45, 7) is 4.81. The second kappa shape index (κ2) is 6.26. The smallest absolute Gasteiger partial charge is 0.165 e. The zero-order valence-corrected chi connectivity index (χ0v) is 12.4. The van der Waals surface area contributed by atoms with E-state index in [1.165, 1.54) is 0 Å². The SMILES string of the molecule is COc1c(C(C)CCN)cc(Br)c(C)c1OC. The summed E-state index contributed by atoms with van der Waals surface area (Å²) in [4.78, 5) is 0. The summed E-state index contributed by atoms with van der Waals surface area (Å²) in [5, 5.41) is 0. The summed E-state index contributed by atoms with van der Waals surface area (Å²) in [5.74, 6) is 1.95. The van der Waals surface area contributed by atoms with E-state index < -0.39 is 0 Å². The number of halogens is 1. The Balaban J connectivity index is 3.33. The molecule has 1 aromatic carbocycles. The average molecular weight is 302 g/mol. The maximum absolute atomic E-state index is 5.61. The molecule has 2 N–H and O–H groups in total. The van der Waals surface area contributed by atoms with E-state index in [1.54, 1.807) is 14.2 Å². The average Bonchev–Trinajstić information content (AvgIpc) is 2.32. The number of methoxy groups -OCH3 is 2. The minimum absolute atomic E-state index is 0.348. The summed E-state index contributed by atoms with van der Waals surface area (Å²) in [7, 11) is 3.33. The first-order chi connectivity index (χ1) is 8.06. The first-order valence-corrected chi connectivity index (χ1v) is 6.47. The van der Waals surface area contributed by atoms with Crippen LogP contribution in [0.3, 0.4) is 0 Å². The predicted molar refractivity (Wildman–Crippen MR) is 74.1 cm³/mol. The molecule has 0 amide bonds. The fourth-order valence-electron chi connectivity index (χ4n) is 1.95. The molecular weight excluding hydrogens is 282 g/mol. The summed E-state index contributed by atoms with van der Waals surface area (Å²) >= 11 is 3.55. The van der Waals surface area contributed by atoms with Crippen molar-refractivity contribution in [1.82, 2.24) is 0 Å². The second-order valence-corrected chi connectivity index (χ2v) is 4.97. The molecule has 1 aromatic rings. The summed E-state index contributed by atoms with van der Waals surface area (Å²) in [5.41, 5.74) is 7.79. The minimum Gasteiger partial charge on any atom is -0.493 e. The number of nitrogens with two attached hydrogens (primary N) is 1. The number of benzene rings is 1. The fraction of sp³-hybridized carbons (Fsp3) is 0.538. The third-order valence-electron chi connectivity index (χ3n) is 2.99. The molecule has 0 saturated heterocycles. The molecule has 0 bridgehead atoms. The van der Waals surface area contributed by atoms with E-state index in [4.69, 9.17) is 15.2 Å². The Morgan fingerprint density at radius 1 is 1.29 bits per heavy atom. The summed E-state index contributed by atoms with van der Waals surface area (Å²) < 4.78 is 12.0. The van der Waals surface area contributed by atoms with Crippen LogP contribution in [0.5, 0.6) is 11.5 Å². The van der Waals surface area contributed by atoms with Gasteiger partial charge in [0.15, 0.2) is 11.5 Å². The van der Waals surface area contributed by atoms with Crippen molar-refractivity contribution in [1.29, 1.82) is 0 Å². The molecule has 4 heteroatoms. The van der Waals surface area contributed by atoms with Gasteiger partial charge in [-0.15, -0.1) is 0 Å². The topological polar surface area (TPSA) is 44.5 Å². The van der Waals surface area contributed by atoms with Gasteiger partial charge in [-0.1, -0.05) is 22.9 Å². The maximum Gasteiger partial charge on any atom is 0.165 e. The van der Waals surface area contributed by atoms with Crippen LogP contribution >= 0.6 is 15.9 Å². The van der Waals surface area contributed by atoms with Crippen LogP contribution in [-0.2, 0) is 0 Å². The Bertz CT molecular complexity index is 393. The lowest BCUT2D eigenvalue weighted by Gasteiger charge is -2.20. The monoisotopic (exact) mass is 301 g/mol. The molecule has 1 atom stereocenters. The van der Waals surface area contributed by atoms with Gasteiger partial charge in [-0.2, -0.15) is 0 Å². The highest BCUT2D eigenvalue weighted by Gasteiger charge is 2.19. The van der Waals surface area contributed by atoms with Crippen molar-refractivity contribution < 1.29 is 9.47 Å². The molecule has 0 aromatic heterocycles. The molecule has 96 valence electrons. The van der Waals surface area contributed by atoms with Crippen molar-refractivity contribution in [3.63, 3.8) is 0 Å². The number of ether oxygens (including phenoxy) is 2. The van der Waals surface area contributed by atoms with Gasteiger partial charge < -0.3 is 15.2 Å². The molecule has 0 aliphatic carbocycles.